The molecule has 0 unspecified atom stereocenters. The Kier molecular flexibility index (Phi) is 9.17. The van der Waals surface area contributed by atoms with Gasteiger partial charge in [-0.2, -0.15) is 4.31 Å². The van der Waals surface area contributed by atoms with E-state index in [1.165, 1.54) is 4.31 Å². The van der Waals surface area contributed by atoms with Crippen molar-refractivity contribution < 1.29 is 18.0 Å². The number of hydrogen-bond donors (Lipinski definition) is 2. The Morgan fingerprint density at radius 2 is 1.70 bits per heavy atom. The Morgan fingerprint density at radius 1 is 1.11 bits per heavy atom. The minimum atomic E-state index is -3.56. The molecule has 0 aliphatic carbocycles. The van der Waals surface area contributed by atoms with Crippen molar-refractivity contribution in [2.24, 2.45) is 5.73 Å². The highest BCUT2D eigenvalue weighted by atomic mass is 35.5. The Bertz CT molecular complexity index is 732. The van der Waals surface area contributed by atoms with Crippen molar-refractivity contribution >= 4 is 34.2 Å². The third-order valence-corrected chi connectivity index (χ3v) is 6.23. The van der Waals surface area contributed by atoms with E-state index in [0.717, 1.165) is 18.4 Å². The van der Waals surface area contributed by atoms with Crippen LogP contribution in [0, 0.1) is 0 Å². The maximum absolute atomic E-state index is 12.7. The Labute approximate surface area is 166 Å². The predicted octanol–water partition coefficient (Wildman–Crippen LogP) is -0.0313. The number of hydrogen-bond acceptors (Lipinski definition) is 5. The second-order valence-corrected chi connectivity index (χ2v) is 8.10. The summed E-state index contributed by atoms with van der Waals surface area (Å²) in [5.74, 6) is -0.640. The van der Waals surface area contributed by atoms with Crippen molar-refractivity contribution in [3.8, 4) is 0 Å². The zero-order valence-corrected chi connectivity index (χ0v) is 17.0. The minimum absolute atomic E-state index is 0. The molecule has 0 aromatic heterocycles. The number of nitrogens with zero attached hydrogens (tertiary/aromatic N) is 2. The number of carbonyl (C=O) groups is 2. The van der Waals surface area contributed by atoms with Crippen LogP contribution in [0.3, 0.4) is 0 Å². The average molecular weight is 419 g/mol. The lowest BCUT2D eigenvalue weighted by molar-refractivity contribution is -0.133. The number of rotatable bonds is 7. The fraction of sp³-hybridized carbons (Fsp3) is 0.529. The molecule has 2 amide bonds. The maximum atomic E-state index is 12.7. The molecule has 1 heterocycles. The van der Waals surface area contributed by atoms with Gasteiger partial charge in [-0.05, 0) is 24.1 Å². The summed E-state index contributed by atoms with van der Waals surface area (Å²) in [5, 5.41) is 2.43. The summed E-state index contributed by atoms with van der Waals surface area (Å²) in [6.45, 7) is 2.84. The van der Waals surface area contributed by atoms with Crippen LogP contribution in [-0.4, -0.2) is 68.7 Å². The van der Waals surface area contributed by atoms with Crippen LogP contribution in [-0.2, 0) is 26.0 Å². The normalized spacial score (nSPS) is 15.1. The van der Waals surface area contributed by atoms with Crippen LogP contribution in [0.2, 0.25) is 0 Å². The van der Waals surface area contributed by atoms with Crippen LogP contribution in [0.25, 0.3) is 0 Å². The summed E-state index contributed by atoms with van der Waals surface area (Å²) >= 11 is 0. The highest BCUT2D eigenvalue weighted by Crippen LogP contribution is 2.18. The van der Waals surface area contributed by atoms with Crippen LogP contribution in [0.1, 0.15) is 18.9 Å². The van der Waals surface area contributed by atoms with Crippen LogP contribution in [0.15, 0.2) is 29.2 Å². The van der Waals surface area contributed by atoms with Gasteiger partial charge in [-0.1, -0.05) is 25.5 Å². The number of nitrogens with one attached hydrogen (secondary N) is 1. The molecule has 10 heteroatoms. The number of aryl methyl sites for hydroxylation is 1. The molecule has 1 saturated heterocycles. The SMILES string of the molecule is CCCc1ccc(S(=O)(=O)N2CCN(C(=O)CNC(=O)CN)CC2)cc1.Cl. The van der Waals surface area contributed by atoms with Gasteiger partial charge in [0.1, 0.15) is 0 Å². The van der Waals surface area contributed by atoms with Gasteiger partial charge in [0.25, 0.3) is 0 Å². The first kappa shape index (κ1) is 23.4. The first-order valence-electron chi connectivity index (χ1n) is 8.72. The molecule has 1 fully saturated rings. The molecule has 152 valence electrons. The molecule has 2 rings (SSSR count). The standard InChI is InChI=1S/C17H26N4O4S.ClH/c1-2-3-14-4-6-15(7-5-14)26(24,25)21-10-8-20(9-11-21)17(23)13-19-16(22)12-18;/h4-7H,2-3,8-13,18H2,1H3,(H,19,22);1H. The number of halogens is 1. The zero-order valence-electron chi connectivity index (χ0n) is 15.4. The highest BCUT2D eigenvalue weighted by Gasteiger charge is 2.30. The van der Waals surface area contributed by atoms with Gasteiger partial charge < -0.3 is 16.0 Å². The van der Waals surface area contributed by atoms with Crippen LogP contribution in [0.4, 0.5) is 0 Å². The summed E-state index contributed by atoms with van der Waals surface area (Å²) in [6.07, 6.45) is 1.93. The first-order valence-corrected chi connectivity index (χ1v) is 10.2. The number of sulfonamides is 1. The third-order valence-electron chi connectivity index (χ3n) is 4.31. The molecule has 1 aliphatic heterocycles. The Balaban J connectivity index is 0.00000364. The maximum Gasteiger partial charge on any atom is 0.243 e. The molecule has 1 aromatic carbocycles. The Hall–Kier alpha value is -1.68. The lowest BCUT2D eigenvalue weighted by Gasteiger charge is -2.34. The number of nitrogens with two attached hydrogens (primary N) is 1. The van der Waals surface area contributed by atoms with E-state index in [2.05, 4.69) is 12.2 Å². The number of amides is 2. The van der Waals surface area contributed by atoms with Gasteiger partial charge in [0.2, 0.25) is 21.8 Å². The van der Waals surface area contributed by atoms with E-state index in [4.69, 9.17) is 5.73 Å². The van der Waals surface area contributed by atoms with Crippen molar-refractivity contribution in [2.45, 2.75) is 24.7 Å². The number of benzene rings is 1. The molecule has 0 radical (unpaired) electrons. The first-order chi connectivity index (χ1) is 12.4. The van der Waals surface area contributed by atoms with Gasteiger partial charge in [0.15, 0.2) is 0 Å². The van der Waals surface area contributed by atoms with E-state index in [9.17, 15) is 18.0 Å². The largest absolute Gasteiger partial charge is 0.346 e. The van der Waals surface area contributed by atoms with E-state index in [-0.39, 0.29) is 49.4 Å². The quantitative estimate of drug-likeness (QED) is 0.645. The molecule has 8 nitrogen and oxygen atoms in total. The third kappa shape index (κ3) is 6.17. The summed E-state index contributed by atoms with van der Waals surface area (Å²) in [4.78, 5) is 25.0. The van der Waals surface area contributed by atoms with Gasteiger partial charge in [-0.15, -0.1) is 12.4 Å². The van der Waals surface area contributed by atoms with Gasteiger partial charge in [-0.25, -0.2) is 8.42 Å². The van der Waals surface area contributed by atoms with E-state index in [0.29, 0.717) is 13.1 Å². The molecular formula is C17H27ClN4O4S. The smallest absolute Gasteiger partial charge is 0.243 e. The van der Waals surface area contributed by atoms with Gasteiger partial charge in [0, 0.05) is 26.2 Å². The van der Waals surface area contributed by atoms with Crippen molar-refractivity contribution in [3.05, 3.63) is 29.8 Å². The average Bonchev–Trinajstić information content (AvgIpc) is 2.66. The van der Waals surface area contributed by atoms with Crippen molar-refractivity contribution in [2.75, 3.05) is 39.3 Å². The molecule has 27 heavy (non-hydrogen) atoms. The summed E-state index contributed by atoms with van der Waals surface area (Å²) in [5.41, 5.74) is 6.29. The monoisotopic (exact) mass is 418 g/mol. The number of carbonyl (C=O) groups excluding carboxylic acids is 2. The van der Waals surface area contributed by atoms with Gasteiger partial charge in [0.05, 0.1) is 18.0 Å². The van der Waals surface area contributed by atoms with Crippen molar-refractivity contribution in [1.29, 1.82) is 0 Å². The highest BCUT2D eigenvalue weighted by molar-refractivity contribution is 7.89. The van der Waals surface area contributed by atoms with Crippen molar-refractivity contribution in [3.63, 3.8) is 0 Å². The lowest BCUT2D eigenvalue weighted by Crippen LogP contribution is -2.52. The predicted molar refractivity (Wildman–Crippen MR) is 105 cm³/mol. The summed E-state index contributed by atoms with van der Waals surface area (Å²) in [7, 11) is -3.56. The fourth-order valence-electron chi connectivity index (χ4n) is 2.80. The van der Waals surface area contributed by atoms with Crippen LogP contribution < -0.4 is 11.1 Å². The molecule has 0 bridgehead atoms. The van der Waals surface area contributed by atoms with Gasteiger partial charge in [-0.3, -0.25) is 9.59 Å². The van der Waals surface area contributed by atoms with E-state index >= 15 is 0 Å². The molecule has 0 atom stereocenters. The van der Waals surface area contributed by atoms with Crippen LogP contribution in [0.5, 0.6) is 0 Å². The second-order valence-electron chi connectivity index (χ2n) is 6.16. The minimum Gasteiger partial charge on any atom is -0.346 e. The zero-order chi connectivity index (χ0) is 19.2. The molecule has 3 N–H and O–H groups in total. The molecule has 1 aromatic rings. The molecule has 0 spiro atoms. The molecular weight excluding hydrogens is 392 g/mol. The summed E-state index contributed by atoms with van der Waals surface area (Å²) < 4.78 is 26.9. The van der Waals surface area contributed by atoms with E-state index in [1.807, 2.05) is 12.1 Å². The van der Waals surface area contributed by atoms with E-state index in [1.54, 1.807) is 17.0 Å². The van der Waals surface area contributed by atoms with Crippen LogP contribution >= 0.6 is 12.4 Å². The molecule has 1 aliphatic rings. The van der Waals surface area contributed by atoms with E-state index < -0.39 is 15.9 Å². The molecule has 0 saturated carbocycles. The second kappa shape index (κ2) is 10.6. The Morgan fingerprint density at radius 3 is 2.22 bits per heavy atom. The topological polar surface area (TPSA) is 113 Å². The number of piperazine rings is 1. The van der Waals surface area contributed by atoms with Gasteiger partial charge >= 0.3 is 0 Å². The van der Waals surface area contributed by atoms with Crippen molar-refractivity contribution in [1.82, 2.24) is 14.5 Å². The lowest BCUT2D eigenvalue weighted by atomic mass is 10.1. The summed E-state index contributed by atoms with van der Waals surface area (Å²) in [6, 6.07) is 6.97. The fourth-order valence-corrected chi connectivity index (χ4v) is 4.22.